The number of ketones is 1. The van der Waals surface area contributed by atoms with Gasteiger partial charge in [0.1, 0.15) is 17.9 Å². The largest absolute Gasteiger partial charge is 0.494 e. The molecule has 1 aromatic carbocycles. The van der Waals surface area contributed by atoms with Crippen LogP contribution in [0.15, 0.2) is 54.6 Å². The number of hydrogen-bond acceptors (Lipinski definition) is 7. The Bertz CT molecular complexity index is 1530. The summed E-state index contributed by atoms with van der Waals surface area (Å²) in [6.45, 7) is 2.49. The number of carbonyl (C=O) groups excluding carboxylic acids is 2. The van der Waals surface area contributed by atoms with Gasteiger partial charge >= 0.3 is 0 Å². The molecule has 4 aromatic rings. The van der Waals surface area contributed by atoms with Crippen LogP contribution >= 0.6 is 0 Å². The number of ether oxygens (including phenoxy) is 1. The second-order valence-corrected chi connectivity index (χ2v) is 8.42. The van der Waals surface area contributed by atoms with Crippen molar-refractivity contribution in [3.05, 3.63) is 71.6 Å². The summed E-state index contributed by atoms with van der Waals surface area (Å²) >= 11 is 0. The third-order valence-electron chi connectivity index (χ3n) is 6.32. The van der Waals surface area contributed by atoms with Gasteiger partial charge in [-0.25, -0.2) is 14.6 Å². The lowest BCUT2D eigenvalue weighted by molar-refractivity contribution is -0.126. The summed E-state index contributed by atoms with van der Waals surface area (Å²) in [5.74, 6) is 0.153. The van der Waals surface area contributed by atoms with Gasteiger partial charge in [0, 0.05) is 19.3 Å². The monoisotopic (exact) mass is 481 g/mol. The number of benzene rings is 1. The van der Waals surface area contributed by atoms with Crippen molar-refractivity contribution in [2.45, 2.75) is 19.8 Å². The number of likely N-dealkylation sites (tertiary alicyclic amines) is 1. The van der Waals surface area contributed by atoms with Crippen molar-refractivity contribution in [1.29, 1.82) is 5.26 Å². The Kier molecular flexibility index (Phi) is 6.04. The number of H-pyrrole nitrogens is 1. The zero-order chi connectivity index (χ0) is 25.2. The zero-order valence-electron chi connectivity index (χ0n) is 19.9. The summed E-state index contributed by atoms with van der Waals surface area (Å²) in [6, 6.07) is 11.8. The molecule has 1 saturated heterocycles. The summed E-state index contributed by atoms with van der Waals surface area (Å²) in [7, 11) is 1.48. The van der Waals surface area contributed by atoms with Gasteiger partial charge < -0.3 is 14.6 Å². The average molecular weight is 482 g/mol. The highest BCUT2D eigenvalue weighted by atomic mass is 16.5. The van der Waals surface area contributed by atoms with Crippen LogP contribution in [0.25, 0.3) is 22.3 Å². The van der Waals surface area contributed by atoms with E-state index in [9.17, 15) is 14.9 Å². The quantitative estimate of drug-likeness (QED) is 0.263. The summed E-state index contributed by atoms with van der Waals surface area (Å²) in [5, 5.41) is 14.5. The molecule has 0 unspecified atom stereocenters. The standard InChI is InChI=1S/C26H23N7O3/c1-16-30-15-33(31-16)25-23-22(21(36-2)14-29-25)20(13-28-23)24(34)26(35)32-10-8-18(9-11-32)19(12-27)17-6-4-3-5-7-17/h3-7,13-15,28H,8-11H2,1-2H3. The Labute approximate surface area is 206 Å². The van der Waals surface area contributed by atoms with Crippen LogP contribution in [0.2, 0.25) is 0 Å². The van der Waals surface area contributed by atoms with E-state index in [1.807, 2.05) is 30.3 Å². The van der Waals surface area contributed by atoms with E-state index in [-0.39, 0.29) is 5.56 Å². The van der Waals surface area contributed by atoms with Gasteiger partial charge in [-0.1, -0.05) is 30.3 Å². The van der Waals surface area contributed by atoms with Gasteiger partial charge in [-0.2, -0.15) is 10.4 Å². The number of piperidine rings is 1. The van der Waals surface area contributed by atoms with Gasteiger partial charge in [0.25, 0.3) is 11.7 Å². The number of aryl methyl sites for hydroxylation is 1. The van der Waals surface area contributed by atoms with Gasteiger partial charge in [-0.3, -0.25) is 9.59 Å². The van der Waals surface area contributed by atoms with Crippen LogP contribution in [0.4, 0.5) is 0 Å². The summed E-state index contributed by atoms with van der Waals surface area (Å²) < 4.78 is 6.95. The molecular formula is C26H23N7O3. The molecule has 1 aliphatic heterocycles. The van der Waals surface area contributed by atoms with E-state index in [1.165, 1.54) is 30.5 Å². The highest BCUT2D eigenvalue weighted by Crippen LogP contribution is 2.32. The molecule has 0 radical (unpaired) electrons. The summed E-state index contributed by atoms with van der Waals surface area (Å²) in [5.41, 5.74) is 3.21. The minimum Gasteiger partial charge on any atom is -0.494 e. The topological polar surface area (TPSA) is 130 Å². The fourth-order valence-electron chi connectivity index (χ4n) is 4.50. The number of methoxy groups -OCH3 is 1. The molecule has 10 heteroatoms. The van der Waals surface area contributed by atoms with Crippen molar-refractivity contribution < 1.29 is 14.3 Å². The Morgan fingerprint density at radius 3 is 2.53 bits per heavy atom. The lowest BCUT2D eigenvalue weighted by Gasteiger charge is -2.28. The van der Waals surface area contributed by atoms with E-state index in [2.05, 4.69) is 26.1 Å². The van der Waals surface area contributed by atoms with Crippen LogP contribution in [0.3, 0.4) is 0 Å². The van der Waals surface area contributed by atoms with E-state index in [1.54, 1.807) is 11.8 Å². The first-order chi connectivity index (χ1) is 17.5. The van der Waals surface area contributed by atoms with Crippen molar-refractivity contribution in [2.24, 2.45) is 0 Å². The summed E-state index contributed by atoms with van der Waals surface area (Å²) in [6.07, 6.45) is 5.60. The number of rotatable bonds is 5. The molecule has 0 aliphatic carbocycles. The molecule has 5 rings (SSSR count). The molecule has 4 heterocycles. The molecule has 180 valence electrons. The highest BCUT2D eigenvalue weighted by molar-refractivity contribution is 6.45. The fourth-order valence-corrected chi connectivity index (χ4v) is 4.50. The third kappa shape index (κ3) is 4.01. The molecule has 0 bridgehead atoms. The molecule has 1 aliphatic rings. The maximum atomic E-state index is 13.3. The average Bonchev–Trinajstić information content (AvgIpc) is 3.56. The van der Waals surface area contributed by atoms with Gasteiger partial charge in [0.15, 0.2) is 5.82 Å². The Hall–Kier alpha value is -4.78. The predicted molar refractivity (Wildman–Crippen MR) is 131 cm³/mol. The van der Waals surface area contributed by atoms with E-state index >= 15 is 0 Å². The predicted octanol–water partition coefficient (Wildman–Crippen LogP) is 3.24. The summed E-state index contributed by atoms with van der Waals surface area (Å²) in [4.78, 5) is 39.7. The lowest BCUT2D eigenvalue weighted by atomic mass is 9.93. The van der Waals surface area contributed by atoms with Gasteiger partial charge in [0.2, 0.25) is 0 Å². The first-order valence-corrected chi connectivity index (χ1v) is 11.5. The molecule has 1 N–H and O–H groups in total. The van der Waals surface area contributed by atoms with Crippen LogP contribution in [0.1, 0.15) is 34.6 Å². The van der Waals surface area contributed by atoms with E-state index in [4.69, 9.17) is 4.74 Å². The van der Waals surface area contributed by atoms with Crippen molar-refractivity contribution >= 4 is 28.2 Å². The number of pyridine rings is 1. The highest BCUT2D eigenvalue weighted by Gasteiger charge is 2.30. The Morgan fingerprint density at radius 1 is 1.14 bits per heavy atom. The van der Waals surface area contributed by atoms with E-state index in [0.717, 1.165) is 11.1 Å². The van der Waals surface area contributed by atoms with E-state index < -0.39 is 11.7 Å². The molecule has 1 amide bonds. The number of aromatic amines is 1. The lowest BCUT2D eigenvalue weighted by Crippen LogP contribution is -2.40. The second kappa shape index (κ2) is 9.46. The number of nitriles is 1. The SMILES string of the molecule is COc1cnc(-n2cnc(C)n2)c2[nH]cc(C(=O)C(=O)N3CCC(=C(C#N)c4ccccc4)CC3)c12. The maximum Gasteiger partial charge on any atom is 0.295 e. The number of allylic oxidation sites excluding steroid dienone is 1. The fraction of sp³-hybridized carbons (Fsp3) is 0.231. The van der Waals surface area contributed by atoms with Crippen LogP contribution in [0.5, 0.6) is 5.75 Å². The molecule has 0 atom stereocenters. The van der Waals surface area contributed by atoms with E-state index in [0.29, 0.717) is 59.8 Å². The number of carbonyl (C=O) groups is 2. The van der Waals surface area contributed by atoms with Crippen molar-refractivity contribution in [3.63, 3.8) is 0 Å². The molecule has 36 heavy (non-hydrogen) atoms. The molecule has 0 spiro atoms. The van der Waals surface area contributed by atoms with Gasteiger partial charge in [-0.15, -0.1) is 0 Å². The van der Waals surface area contributed by atoms with Crippen molar-refractivity contribution in [1.82, 2.24) is 29.6 Å². The molecule has 1 fully saturated rings. The Balaban J connectivity index is 1.41. The number of amides is 1. The van der Waals surface area contributed by atoms with Crippen molar-refractivity contribution in [2.75, 3.05) is 20.2 Å². The van der Waals surface area contributed by atoms with Crippen molar-refractivity contribution in [3.8, 4) is 17.6 Å². The number of Topliss-reactive ketones (excluding diaryl/α,β-unsaturated/α-hetero) is 1. The number of hydrogen-bond donors (Lipinski definition) is 1. The number of nitrogens with zero attached hydrogens (tertiary/aromatic N) is 6. The van der Waals surface area contributed by atoms with Crippen LogP contribution in [0, 0.1) is 18.3 Å². The van der Waals surface area contributed by atoms with Crippen LogP contribution in [-0.4, -0.2) is 61.5 Å². The molecule has 10 nitrogen and oxygen atoms in total. The normalized spacial score (nSPS) is 13.5. The second-order valence-electron chi connectivity index (χ2n) is 8.42. The minimum atomic E-state index is -0.637. The van der Waals surface area contributed by atoms with Gasteiger partial charge in [0.05, 0.1) is 41.4 Å². The number of nitrogens with one attached hydrogen (secondary N) is 1. The third-order valence-corrected chi connectivity index (χ3v) is 6.32. The van der Waals surface area contributed by atoms with Crippen LogP contribution in [-0.2, 0) is 4.79 Å². The first-order valence-electron chi connectivity index (χ1n) is 11.5. The van der Waals surface area contributed by atoms with Gasteiger partial charge in [-0.05, 0) is 30.9 Å². The number of fused-ring (bicyclic) bond motifs is 1. The number of aromatic nitrogens is 5. The smallest absolute Gasteiger partial charge is 0.295 e. The zero-order valence-corrected chi connectivity index (χ0v) is 19.9. The molecule has 3 aromatic heterocycles. The maximum absolute atomic E-state index is 13.3. The molecular weight excluding hydrogens is 458 g/mol. The first kappa shape index (κ1) is 23.0. The Morgan fingerprint density at radius 2 is 1.89 bits per heavy atom. The van der Waals surface area contributed by atoms with Crippen LogP contribution < -0.4 is 4.74 Å². The minimum absolute atomic E-state index is 0.204. The molecule has 0 saturated carbocycles.